The third kappa shape index (κ3) is 23.0. The minimum atomic E-state index is -0.132. The molecule has 0 aromatic carbocycles. The third-order valence-corrected chi connectivity index (χ3v) is 6.08. The Morgan fingerprint density at radius 1 is 0.514 bits per heavy atom. The van der Waals surface area contributed by atoms with Crippen molar-refractivity contribution < 1.29 is 28.5 Å². The molecular weight excluding hydrogens is 444 g/mol. The van der Waals surface area contributed by atoms with Gasteiger partial charge >= 0.3 is 11.9 Å². The van der Waals surface area contributed by atoms with Gasteiger partial charge in [-0.25, -0.2) is 0 Å². The minimum absolute atomic E-state index is 0.0232. The Bertz CT molecular complexity index is 440. The van der Waals surface area contributed by atoms with Crippen LogP contribution in [0.5, 0.6) is 0 Å². The molecule has 0 aromatic heterocycles. The summed E-state index contributed by atoms with van der Waals surface area (Å²) in [6, 6.07) is 0. The molecule has 0 fully saturated rings. The molecule has 0 spiro atoms. The van der Waals surface area contributed by atoms with Crippen molar-refractivity contribution in [1.82, 2.24) is 0 Å². The van der Waals surface area contributed by atoms with Crippen LogP contribution in [0, 0.1) is 0 Å². The van der Waals surface area contributed by atoms with Gasteiger partial charge in [0.25, 0.3) is 0 Å². The zero-order valence-corrected chi connectivity index (χ0v) is 23.5. The van der Waals surface area contributed by atoms with Gasteiger partial charge in [-0.05, 0) is 38.5 Å². The van der Waals surface area contributed by atoms with E-state index in [0.717, 1.165) is 110 Å². The quantitative estimate of drug-likeness (QED) is 0.0901. The molecule has 35 heavy (non-hydrogen) atoms. The molecule has 0 heterocycles. The topological polar surface area (TPSA) is 71.1 Å². The van der Waals surface area contributed by atoms with Gasteiger partial charge in [-0.1, -0.05) is 85.5 Å². The Balaban J connectivity index is 3.83. The van der Waals surface area contributed by atoms with Crippen LogP contribution < -0.4 is 0 Å². The van der Waals surface area contributed by atoms with Crippen LogP contribution >= 0.6 is 0 Å². The summed E-state index contributed by atoms with van der Waals surface area (Å²) in [5.74, 6) is -0.263. The van der Waals surface area contributed by atoms with Gasteiger partial charge < -0.3 is 18.9 Å². The van der Waals surface area contributed by atoms with Crippen LogP contribution in [0.25, 0.3) is 0 Å². The SMILES string of the molecule is CCCCOC(CCCC)COC(=O)CCCCCCCC(=O)OCC(CCCC)OCCCC. The summed E-state index contributed by atoms with van der Waals surface area (Å²) in [7, 11) is 0. The normalized spacial score (nSPS) is 12.9. The summed E-state index contributed by atoms with van der Waals surface area (Å²) >= 11 is 0. The number of carbonyl (C=O) groups excluding carboxylic acids is 2. The molecule has 0 saturated heterocycles. The molecule has 2 atom stereocenters. The molecule has 0 bridgehead atoms. The second-order valence-corrected chi connectivity index (χ2v) is 9.61. The van der Waals surface area contributed by atoms with Crippen molar-refractivity contribution in [2.75, 3.05) is 26.4 Å². The van der Waals surface area contributed by atoms with Gasteiger partial charge in [0.15, 0.2) is 0 Å². The third-order valence-electron chi connectivity index (χ3n) is 6.08. The summed E-state index contributed by atoms with van der Waals surface area (Å²) in [6.45, 7) is 10.8. The van der Waals surface area contributed by atoms with Crippen LogP contribution in [0.2, 0.25) is 0 Å². The molecule has 0 aliphatic rings. The van der Waals surface area contributed by atoms with E-state index in [1.807, 2.05) is 0 Å². The fourth-order valence-electron chi connectivity index (χ4n) is 3.67. The van der Waals surface area contributed by atoms with Crippen molar-refractivity contribution in [3.63, 3.8) is 0 Å². The number of carbonyl (C=O) groups is 2. The summed E-state index contributed by atoms with van der Waals surface area (Å²) in [4.78, 5) is 24.1. The Morgan fingerprint density at radius 2 is 0.886 bits per heavy atom. The molecule has 208 valence electrons. The first-order chi connectivity index (χ1) is 17.1. The summed E-state index contributed by atoms with van der Waals surface area (Å²) in [5, 5.41) is 0. The highest BCUT2D eigenvalue weighted by Crippen LogP contribution is 2.12. The molecule has 0 N–H and O–H groups in total. The second kappa shape index (κ2) is 25.9. The van der Waals surface area contributed by atoms with E-state index in [-0.39, 0.29) is 24.1 Å². The molecule has 0 rings (SSSR count). The largest absolute Gasteiger partial charge is 0.463 e. The summed E-state index contributed by atoms with van der Waals surface area (Å²) in [6.07, 6.45) is 16.2. The zero-order chi connectivity index (χ0) is 26.0. The predicted octanol–water partition coefficient (Wildman–Crippen LogP) is 7.55. The van der Waals surface area contributed by atoms with Gasteiger partial charge in [-0.3, -0.25) is 9.59 Å². The zero-order valence-electron chi connectivity index (χ0n) is 23.5. The highest BCUT2D eigenvalue weighted by Gasteiger charge is 2.13. The van der Waals surface area contributed by atoms with E-state index in [4.69, 9.17) is 18.9 Å². The molecule has 0 aliphatic carbocycles. The molecular formula is C29H56O6. The first kappa shape index (κ1) is 33.9. The lowest BCUT2D eigenvalue weighted by Gasteiger charge is -2.18. The molecule has 6 nitrogen and oxygen atoms in total. The highest BCUT2D eigenvalue weighted by atomic mass is 16.6. The number of ether oxygens (including phenoxy) is 4. The smallest absolute Gasteiger partial charge is 0.305 e. The predicted molar refractivity (Wildman–Crippen MR) is 143 cm³/mol. The monoisotopic (exact) mass is 500 g/mol. The lowest BCUT2D eigenvalue weighted by atomic mass is 10.1. The van der Waals surface area contributed by atoms with E-state index in [2.05, 4.69) is 27.7 Å². The van der Waals surface area contributed by atoms with Crippen LogP contribution in [0.3, 0.4) is 0 Å². The first-order valence-corrected chi connectivity index (χ1v) is 14.6. The van der Waals surface area contributed by atoms with E-state index < -0.39 is 0 Å². The molecule has 6 heteroatoms. The molecule has 0 saturated carbocycles. The van der Waals surface area contributed by atoms with Crippen molar-refractivity contribution in [1.29, 1.82) is 0 Å². The Labute approximate surface area is 216 Å². The Hall–Kier alpha value is -1.14. The molecule has 0 radical (unpaired) electrons. The van der Waals surface area contributed by atoms with Gasteiger partial charge in [0.2, 0.25) is 0 Å². The second-order valence-electron chi connectivity index (χ2n) is 9.61. The number of esters is 2. The number of rotatable bonds is 26. The highest BCUT2D eigenvalue weighted by molar-refractivity contribution is 5.69. The Morgan fingerprint density at radius 3 is 1.26 bits per heavy atom. The standard InChI is InChI=1S/C29H56O6/c1-5-9-18-26(32-22-11-7-3)24-34-28(30)20-16-14-13-15-17-21-29(31)35-25-27(19-10-6-2)33-23-12-8-4/h26-27H,5-25H2,1-4H3. The van der Waals surface area contributed by atoms with Crippen molar-refractivity contribution >= 4 is 11.9 Å². The maximum atomic E-state index is 12.1. The van der Waals surface area contributed by atoms with Gasteiger partial charge in [0.1, 0.15) is 13.2 Å². The number of unbranched alkanes of at least 4 members (excludes halogenated alkanes) is 8. The van der Waals surface area contributed by atoms with E-state index >= 15 is 0 Å². The van der Waals surface area contributed by atoms with Crippen LogP contribution in [-0.2, 0) is 28.5 Å². The number of hydrogen-bond acceptors (Lipinski definition) is 6. The van der Waals surface area contributed by atoms with Gasteiger partial charge in [-0.2, -0.15) is 0 Å². The maximum Gasteiger partial charge on any atom is 0.305 e. The van der Waals surface area contributed by atoms with Crippen molar-refractivity contribution in [2.45, 2.75) is 149 Å². The molecule has 0 aliphatic heterocycles. The van der Waals surface area contributed by atoms with Crippen LogP contribution in [-0.4, -0.2) is 50.6 Å². The fraction of sp³-hybridized carbons (Fsp3) is 0.931. The van der Waals surface area contributed by atoms with Gasteiger partial charge in [0, 0.05) is 26.1 Å². The lowest BCUT2D eigenvalue weighted by molar-refractivity contribution is -0.149. The Kier molecular flexibility index (Phi) is 25.1. The average molecular weight is 501 g/mol. The molecule has 0 amide bonds. The van der Waals surface area contributed by atoms with Crippen molar-refractivity contribution in [3.05, 3.63) is 0 Å². The fourth-order valence-corrected chi connectivity index (χ4v) is 3.67. The summed E-state index contributed by atoms with van der Waals surface area (Å²) in [5.41, 5.74) is 0. The average Bonchev–Trinajstić information content (AvgIpc) is 2.86. The van der Waals surface area contributed by atoms with Crippen molar-refractivity contribution in [2.24, 2.45) is 0 Å². The number of hydrogen-bond donors (Lipinski definition) is 0. The van der Waals surface area contributed by atoms with E-state index in [0.29, 0.717) is 26.1 Å². The maximum absolute atomic E-state index is 12.1. The van der Waals surface area contributed by atoms with E-state index in [1.165, 1.54) is 0 Å². The van der Waals surface area contributed by atoms with Gasteiger partial charge in [0.05, 0.1) is 12.2 Å². The van der Waals surface area contributed by atoms with E-state index in [1.54, 1.807) is 0 Å². The summed E-state index contributed by atoms with van der Waals surface area (Å²) < 4.78 is 22.7. The molecule has 0 aromatic rings. The van der Waals surface area contributed by atoms with Crippen LogP contribution in [0.1, 0.15) is 137 Å². The minimum Gasteiger partial charge on any atom is -0.463 e. The van der Waals surface area contributed by atoms with Crippen LogP contribution in [0.15, 0.2) is 0 Å². The molecule has 2 unspecified atom stereocenters. The van der Waals surface area contributed by atoms with Gasteiger partial charge in [-0.15, -0.1) is 0 Å². The van der Waals surface area contributed by atoms with E-state index in [9.17, 15) is 9.59 Å². The lowest BCUT2D eigenvalue weighted by Crippen LogP contribution is -2.23. The van der Waals surface area contributed by atoms with Crippen LogP contribution in [0.4, 0.5) is 0 Å². The first-order valence-electron chi connectivity index (χ1n) is 14.6. The van der Waals surface area contributed by atoms with Crippen molar-refractivity contribution in [3.8, 4) is 0 Å².